The molecule has 0 saturated heterocycles. The predicted molar refractivity (Wildman–Crippen MR) is 109 cm³/mol. The Hall–Kier alpha value is -2.98. The van der Waals surface area contributed by atoms with Crippen LogP contribution in [0.25, 0.3) is 0 Å². The molecule has 0 aromatic heterocycles. The number of sulfonamides is 1. The van der Waals surface area contributed by atoms with Crippen molar-refractivity contribution in [3.63, 3.8) is 0 Å². The second kappa shape index (κ2) is 9.68. The molecule has 0 unspecified atom stereocenters. The average molecular weight is 458 g/mol. The molecule has 30 heavy (non-hydrogen) atoms. The van der Waals surface area contributed by atoms with E-state index in [9.17, 15) is 18.0 Å². The number of carboxylic acids is 1. The smallest absolute Gasteiger partial charge is 0.312 e. The van der Waals surface area contributed by atoms with Crippen molar-refractivity contribution in [1.82, 2.24) is 0 Å². The average Bonchev–Trinajstić information content (AvgIpc) is 2.68. The molecule has 2 aromatic carbocycles. The van der Waals surface area contributed by atoms with Gasteiger partial charge in [0.25, 0.3) is 15.9 Å². The molecule has 162 valence electrons. The first-order valence-electron chi connectivity index (χ1n) is 8.60. The van der Waals surface area contributed by atoms with Crippen molar-refractivity contribution >= 4 is 39.2 Å². The highest BCUT2D eigenvalue weighted by Crippen LogP contribution is 2.40. The number of carbonyl (C=O) groups is 2. The molecule has 0 heterocycles. The summed E-state index contributed by atoms with van der Waals surface area (Å²) in [6.07, 6.45) is -1.07. The van der Waals surface area contributed by atoms with Crippen molar-refractivity contribution < 1.29 is 37.3 Å². The monoisotopic (exact) mass is 457 g/mol. The van der Waals surface area contributed by atoms with Gasteiger partial charge in [0.2, 0.25) is 0 Å². The van der Waals surface area contributed by atoms with Crippen molar-refractivity contribution in [1.29, 1.82) is 0 Å². The lowest BCUT2D eigenvalue weighted by molar-refractivity contribution is -0.139. The highest BCUT2D eigenvalue weighted by molar-refractivity contribution is 7.93. The second-order valence-electron chi connectivity index (χ2n) is 5.80. The van der Waals surface area contributed by atoms with Crippen LogP contribution >= 0.6 is 11.6 Å². The van der Waals surface area contributed by atoms with Crippen molar-refractivity contribution in [2.45, 2.75) is 18.2 Å². The molecule has 2 aromatic rings. The third-order valence-corrected chi connectivity index (χ3v) is 5.92. The first kappa shape index (κ1) is 23.3. The van der Waals surface area contributed by atoms with Crippen molar-refractivity contribution in [2.75, 3.05) is 25.1 Å². The molecule has 0 bridgehead atoms. The van der Waals surface area contributed by atoms with Gasteiger partial charge in [-0.3, -0.25) is 9.59 Å². The number of ether oxygens (including phenoxy) is 3. The summed E-state index contributed by atoms with van der Waals surface area (Å²) in [4.78, 5) is 23.6. The van der Waals surface area contributed by atoms with E-state index in [2.05, 4.69) is 0 Å². The molecular weight excluding hydrogens is 438 g/mol. The maximum absolute atomic E-state index is 13.3. The second-order valence-corrected chi connectivity index (χ2v) is 7.99. The zero-order valence-corrected chi connectivity index (χ0v) is 18.0. The van der Waals surface area contributed by atoms with Crippen LogP contribution in [0.5, 0.6) is 17.2 Å². The van der Waals surface area contributed by atoms with Crippen LogP contribution in [0.1, 0.15) is 13.3 Å². The Bertz CT molecular complexity index is 1040. The van der Waals surface area contributed by atoms with Gasteiger partial charge in [-0.05, 0) is 31.2 Å². The Morgan fingerprint density at radius 1 is 1.07 bits per heavy atom. The van der Waals surface area contributed by atoms with E-state index in [4.69, 9.17) is 30.9 Å². The molecule has 0 saturated carbocycles. The van der Waals surface area contributed by atoms with Gasteiger partial charge in [-0.2, -0.15) is 4.31 Å². The molecule has 0 aliphatic carbocycles. The normalized spacial score (nSPS) is 10.9. The molecule has 9 nitrogen and oxygen atoms in total. The number of anilines is 1. The number of rotatable bonds is 9. The zero-order chi connectivity index (χ0) is 22.5. The van der Waals surface area contributed by atoms with Gasteiger partial charge in [-0.1, -0.05) is 11.6 Å². The van der Waals surface area contributed by atoms with Gasteiger partial charge < -0.3 is 19.3 Å². The molecular formula is C19H20ClNO8S. The van der Waals surface area contributed by atoms with Crippen LogP contribution < -0.4 is 18.5 Å². The molecule has 1 amide bonds. The summed E-state index contributed by atoms with van der Waals surface area (Å²) in [6.45, 7) is 2.16. The van der Waals surface area contributed by atoms with Gasteiger partial charge in [0.1, 0.15) is 29.4 Å². The highest BCUT2D eigenvalue weighted by atomic mass is 35.5. The van der Waals surface area contributed by atoms with Gasteiger partial charge in [0, 0.05) is 12.1 Å². The number of aliphatic carboxylic acids is 1. The standard InChI is InChI=1S/C19H20ClNO8S/c1-4-29-12-5-7-13(8-6-12)30(25,26)21(18(22)11-19(23)24)15-10-16(27-2)14(20)9-17(15)28-3/h5-10H,4,11H2,1-3H3,(H,23,24). The minimum atomic E-state index is -4.51. The van der Waals surface area contributed by atoms with Crippen molar-refractivity contribution in [2.24, 2.45) is 0 Å². The third-order valence-electron chi connectivity index (χ3n) is 3.87. The van der Waals surface area contributed by atoms with Crippen molar-refractivity contribution in [3.05, 3.63) is 41.4 Å². The lowest BCUT2D eigenvalue weighted by atomic mass is 10.2. The topological polar surface area (TPSA) is 119 Å². The van der Waals surface area contributed by atoms with E-state index >= 15 is 0 Å². The van der Waals surface area contributed by atoms with Crippen LogP contribution in [-0.4, -0.2) is 46.2 Å². The number of carboxylic acid groups (broad SMARTS) is 1. The summed E-state index contributed by atoms with van der Waals surface area (Å²) >= 11 is 6.06. The summed E-state index contributed by atoms with van der Waals surface area (Å²) in [5, 5.41) is 9.16. The van der Waals surface area contributed by atoms with Crippen LogP contribution in [0.3, 0.4) is 0 Å². The third kappa shape index (κ3) is 4.95. The SMILES string of the molecule is CCOc1ccc(S(=O)(=O)N(C(=O)CC(=O)O)c2cc(OC)c(Cl)cc2OC)cc1. The number of hydrogen-bond acceptors (Lipinski definition) is 7. The Labute approximate surface area is 178 Å². The molecule has 0 fully saturated rings. The molecule has 0 spiro atoms. The summed E-state index contributed by atoms with van der Waals surface area (Å²) in [6, 6.07) is 7.81. The van der Waals surface area contributed by atoms with Gasteiger partial charge in [-0.15, -0.1) is 0 Å². The van der Waals surface area contributed by atoms with Gasteiger partial charge >= 0.3 is 5.97 Å². The molecule has 0 aliphatic rings. The van der Waals surface area contributed by atoms with Gasteiger partial charge in [0.15, 0.2) is 0 Å². The molecule has 0 atom stereocenters. The summed E-state index contributed by atoms with van der Waals surface area (Å²) in [5.41, 5.74) is -0.237. The van der Waals surface area contributed by atoms with Crippen LogP contribution in [-0.2, 0) is 19.6 Å². The molecule has 1 N–H and O–H groups in total. The number of hydrogen-bond donors (Lipinski definition) is 1. The van der Waals surface area contributed by atoms with E-state index in [0.29, 0.717) is 16.7 Å². The number of carbonyl (C=O) groups excluding carboxylic acids is 1. The van der Waals surface area contributed by atoms with Crippen LogP contribution in [0.15, 0.2) is 41.3 Å². The Balaban J connectivity index is 2.69. The van der Waals surface area contributed by atoms with E-state index in [0.717, 1.165) is 0 Å². The first-order chi connectivity index (χ1) is 14.1. The van der Waals surface area contributed by atoms with E-state index in [-0.39, 0.29) is 27.1 Å². The number of benzene rings is 2. The van der Waals surface area contributed by atoms with E-state index in [1.165, 1.54) is 50.6 Å². The van der Waals surface area contributed by atoms with Crippen molar-refractivity contribution in [3.8, 4) is 17.2 Å². The lowest BCUT2D eigenvalue weighted by Gasteiger charge is -2.24. The Morgan fingerprint density at radius 2 is 1.67 bits per heavy atom. The molecule has 11 heteroatoms. The fourth-order valence-electron chi connectivity index (χ4n) is 2.58. The Morgan fingerprint density at radius 3 is 2.17 bits per heavy atom. The van der Waals surface area contributed by atoms with Crippen LogP contribution in [0, 0.1) is 0 Å². The fourth-order valence-corrected chi connectivity index (χ4v) is 4.24. The van der Waals surface area contributed by atoms with Gasteiger partial charge in [-0.25, -0.2) is 8.42 Å². The van der Waals surface area contributed by atoms with Crippen LogP contribution in [0.2, 0.25) is 5.02 Å². The first-order valence-corrected chi connectivity index (χ1v) is 10.4. The zero-order valence-electron chi connectivity index (χ0n) is 16.4. The lowest BCUT2D eigenvalue weighted by Crippen LogP contribution is -2.38. The number of nitrogens with zero attached hydrogens (tertiary/aromatic N) is 1. The summed E-state index contributed by atoms with van der Waals surface area (Å²) in [7, 11) is -1.95. The van der Waals surface area contributed by atoms with Gasteiger partial charge in [0.05, 0.1) is 30.7 Å². The maximum Gasteiger partial charge on any atom is 0.312 e. The molecule has 0 radical (unpaired) electrons. The number of amides is 1. The maximum atomic E-state index is 13.3. The predicted octanol–water partition coefficient (Wildman–Crippen LogP) is 2.95. The van der Waals surface area contributed by atoms with Crippen LogP contribution in [0.4, 0.5) is 5.69 Å². The molecule has 2 rings (SSSR count). The van der Waals surface area contributed by atoms with E-state index < -0.39 is 28.3 Å². The number of halogens is 1. The van der Waals surface area contributed by atoms with E-state index in [1.54, 1.807) is 6.92 Å². The largest absolute Gasteiger partial charge is 0.495 e. The summed E-state index contributed by atoms with van der Waals surface area (Å²) < 4.78 is 42.6. The number of methoxy groups -OCH3 is 2. The summed E-state index contributed by atoms with van der Waals surface area (Å²) in [5.74, 6) is -2.24. The Kier molecular flexibility index (Phi) is 7.52. The molecule has 0 aliphatic heterocycles. The minimum absolute atomic E-state index is 0.0611. The quantitative estimate of drug-likeness (QED) is 0.571. The van der Waals surface area contributed by atoms with E-state index in [1.807, 2.05) is 0 Å². The highest BCUT2D eigenvalue weighted by Gasteiger charge is 2.35. The fraction of sp³-hybridized carbons (Fsp3) is 0.263. The minimum Gasteiger partial charge on any atom is -0.495 e.